The molecule has 0 radical (unpaired) electrons. The molecule has 0 bridgehead atoms. The van der Waals surface area contributed by atoms with Crippen LogP contribution in [0.4, 0.5) is 5.69 Å². The summed E-state index contributed by atoms with van der Waals surface area (Å²) in [5.74, 6) is 0. The number of hydrogen-bond donors (Lipinski definition) is 0. The molecule has 0 saturated carbocycles. The van der Waals surface area contributed by atoms with Crippen molar-refractivity contribution in [3.8, 4) is 0 Å². The molecule has 1 heterocycles. The second kappa shape index (κ2) is 3.41. The number of hydrogen-bond acceptors (Lipinski definition) is 1. The SMILES string of the molecule is Cc1ccc2c(c1)N(C)CCCC2. The van der Waals surface area contributed by atoms with E-state index in [0.29, 0.717) is 0 Å². The Morgan fingerprint density at radius 1 is 1.23 bits per heavy atom. The van der Waals surface area contributed by atoms with Crippen LogP contribution in [0.15, 0.2) is 18.2 Å². The van der Waals surface area contributed by atoms with Crippen molar-refractivity contribution in [1.29, 1.82) is 0 Å². The zero-order valence-corrected chi connectivity index (χ0v) is 8.51. The van der Waals surface area contributed by atoms with Gasteiger partial charge in [-0.15, -0.1) is 0 Å². The van der Waals surface area contributed by atoms with Gasteiger partial charge in [-0.3, -0.25) is 0 Å². The normalized spacial score (nSPS) is 16.6. The van der Waals surface area contributed by atoms with Crippen molar-refractivity contribution in [2.75, 3.05) is 18.5 Å². The summed E-state index contributed by atoms with van der Waals surface area (Å²) < 4.78 is 0. The van der Waals surface area contributed by atoms with Gasteiger partial charge in [0, 0.05) is 19.3 Å². The fraction of sp³-hybridized carbons (Fsp3) is 0.500. The molecule has 0 atom stereocenters. The van der Waals surface area contributed by atoms with Crippen LogP contribution in [0.2, 0.25) is 0 Å². The number of rotatable bonds is 0. The smallest absolute Gasteiger partial charge is 0.0398 e. The first-order valence-electron chi connectivity index (χ1n) is 5.08. The largest absolute Gasteiger partial charge is 0.374 e. The highest BCUT2D eigenvalue weighted by Gasteiger charge is 2.11. The van der Waals surface area contributed by atoms with Crippen LogP contribution in [0.5, 0.6) is 0 Å². The zero-order valence-electron chi connectivity index (χ0n) is 8.51. The van der Waals surface area contributed by atoms with Gasteiger partial charge in [0.25, 0.3) is 0 Å². The maximum atomic E-state index is 2.38. The predicted molar refractivity (Wildman–Crippen MR) is 57.4 cm³/mol. The molecular formula is C12H17N. The van der Waals surface area contributed by atoms with Gasteiger partial charge in [-0.25, -0.2) is 0 Å². The molecule has 1 heteroatoms. The minimum Gasteiger partial charge on any atom is -0.374 e. The number of anilines is 1. The van der Waals surface area contributed by atoms with Gasteiger partial charge in [0.2, 0.25) is 0 Å². The van der Waals surface area contributed by atoms with Crippen LogP contribution >= 0.6 is 0 Å². The minimum absolute atomic E-state index is 1.20. The van der Waals surface area contributed by atoms with E-state index >= 15 is 0 Å². The van der Waals surface area contributed by atoms with Gasteiger partial charge < -0.3 is 4.90 Å². The molecule has 0 amide bonds. The molecule has 70 valence electrons. The quantitative estimate of drug-likeness (QED) is 0.586. The average Bonchev–Trinajstić information content (AvgIpc) is 2.29. The Morgan fingerprint density at radius 2 is 2.08 bits per heavy atom. The molecular weight excluding hydrogens is 158 g/mol. The highest BCUT2D eigenvalue weighted by atomic mass is 15.1. The van der Waals surface area contributed by atoms with Crippen molar-refractivity contribution in [1.82, 2.24) is 0 Å². The van der Waals surface area contributed by atoms with Gasteiger partial charge in [-0.1, -0.05) is 12.1 Å². The van der Waals surface area contributed by atoms with Gasteiger partial charge in [0.15, 0.2) is 0 Å². The number of fused-ring (bicyclic) bond motifs is 1. The summed E-state index contributed by atoms with van der Waals surface area (Å²) in [5, 5.41) is 0. The van der Waals surface area contributed by atoms with Crippen LogP contribution in [0, 0.1) is 6.92 Å². The van der Waals surface area contributed by atoms with Gasteiger partial charge in [-0.05, 0) is 43.4 Å². The van der Waals surface area contributed by atoms with Crippen LogP contribution in [0.25, 0.3) is 0 Å². The average molecular weight is 175 g/mol. The first kappa shape index (κ1) is 8.61. The molecule has 1 nitrogen and oxygen atoms in total. The molecule has 0 aliphatic carbocycles. The first-order valence-corrected chi connectivity index (χ1v) is 5.08. The Bertz CT molecular complexity index is 304. The van der Waals surface area contributed by atoms with Crippen LogP contribution in [-0.2, 0) is 6.42 Å². The molecule has 1 aromatic carbocycles. The highest BCUT2D eigenvalue weighted by Crippen LogP contribution is 2.25. The molecule has 0 unspecified atom stereocenters. The topological polar surface area (TPSA) is 3.24 Å². The van der Waals surface area contributed by atoms with Gasteiger partial charge >= 0.3 is 0 Å². The van der Waals surface area contributed by atoms with E-state index in [1.165, 1.54) is 42.6 Å². The van der Waals surface area contributed by atoms with Gasteiger partial charge in [0.1, 0.15) is 0 Å². The fourth-order valence-electron chi connectivity index (χ4n) is 2.03. The van der Waals surface area contributed by atoms with Crippen molar-refractivity contribution >= 4 is 5.69 Å². The molecule has 0 spiro atoms. The van der Waals surface area contributed by atoms with Crippen LogP contribution in [-0.4, -0.2) is 13.6 Å². The maximum absolute atomic E-state index is 2.38. The summed E-state index contributed by atoms with van der Waals surface area (Å²) in [5.41, 5.74) is 4.33. The lowest BCUT2D eigenvalue weighted by Crippen LogP contribution is -2.17. The van der Waals surface area contributed by atoms with E-state index < -0.39 is 0 Å². The summed E-state index contributed by atoms with van der Waals surface area (Å²) in [6.45, 7) is 3.37. The lowest BCUT2D eigenvalue weighted by atomic mass is 10.1. The van der Waals surface area contributed by atoms with Crippen molar-refractivity contribution < 1.29 is 0 Å². The fourth-order valence-corrected chi connectivity index (χ4v) is 2.03. The van der Waals surface area contributed by atoms with Crippen molar-refractivity contribution in [2.24, 2.45) is 0 Å². The Hall–Kier alpha value is -0.980. The molecule has 1 aromatic rings. The van der Waals surface area contributed by atoms with E-state index in [1.54, 1.807) is 0 Å². The van der Waals surface area contributed by atoms with Crippen molar-refractivity contribution in [3.63, 3.8) is 0 Å². The summed E-state index contributed by atoms with van der Waals surface area (Å²) in [6.07, 6.45) is 3.91. The van der Waals surface area contributed by atoms with E-state index in [2.05, 4.69) is 37.1 Å². The van der Waals surface area contributed by atoms with Crippen molar-refractivity contribution in [2.45, 2.75) is 26.2 Å². The third-order valence-corrected chi connectivity index (χ3v) is 2.84. The van der Waals surface area contributed by atoms with Crippen molar-refractivity contribution in [3.05, 3.63) is 29.3 Å². The van der Waals surface area contributed by atoms with Gasteiger partial charge in [-0.2, -0.15) is 0 Å². The van der Waals surface area contributed by atoms with E-state index in [1.807, 2.05) is 0 Å². The number of benzene rings is 1. The third kappa shape index (κ3) is 1.69. The van der Waals surface area contributed by atoms with Gasteiger partial charge in [0.05, 0.1) is 0 Å². The first-order chi connectivity index (χ1) is 6.27. The maximum Gasteiger partial charge on any atom is 0.0398 e. The molecule has 1 aliphatic heterocycles. The molecule has 0 saturated heterocycles. The second-order valence-corrected chi connectivity index (χ2v) is 4.01. The van der Waals surface area contributed by atoms with E-state index in [0.717, 1.165) is 0 Å². The Morgan fingerprint density at radius 3 is 2.92 bits per heavy atom. The zero-order chi connectivity index (χ0) is 9.26. The molecule has 0 N–H and O–H groups in total. The molecule has 2 rings (SSSR count). The summed E-state index contributed by atoms with van der Waals surface area (Å²) in [7, 11) is 2.20. The molecule has 13 heavy (non-hydrogen) atoms. The van der Waals surface area contributed by atoms with E-state index in [-0.39, 0.29) is 0 Å². The van der Waals surface area contributed by atoms with E-state index in [4.69, 9.17) is 0 Å². The number of nitrogens with zero attached hydrogens (tertiary/aromatic N) is 1. The third-order valence-electron chi connectivity index (χ3n) is 2.84. The lowest BCUT2D eigenvalue weighted by molar-refractivity contribution is 0.750. The summed E-state index contributed by atoms with van der Waals surface area (Å²) in [4.78, 5) is 2.38. The van der Waals surface area contributed by atoms with Crippen LogP contribution in [0.1, 0.15) is 24.0 Å². The highest BCUT2D eigenvalue weighted by molar-refractivity contribution is 5.55. The lowest BCUT2D eigenvalue weighted by Gasteiger charge is -2.19. The Kier molecular flexibility index (Phi) is 2.26. The molecule has 0 aromatic heterocycles. The predicted octanol–water partition coefficient (Wildman–Crippen LogP) is 2.77. The van der Waals surface area contributed by atoms with E-state index in [9.17, 15) is 0 Å². The molecule has 0 fully saturated rings. The minimum atomic E-state index is 1.20. The Balaban J connectivity index is 2.43. The van der Waals surface area contributed by atoms with Crippen LogP contribution < -0.4 is 4.90 Å². The summed E-state index contributed by atoms with van der Waals surface area (Å²) >= 11 is 0. The number of aryl methyl sites for hydroxylation is 2. The molecule has 1 aliphatic rings. The monoisotopic (exact) mass is 175 g/mol. The summed E-state index contributed by atoms with van der Waals surface area (Å²) in [6, 6.07) is 6.81. The van der Waals surface area contributed by atoms with Crippen LogP contribution in [0.3, 0.4) is 0 Å². The second-order valence-electron chi connectivity index (χ2n) is 4.01. The standard InChI is InChI=1S/C12H17N/c1-10-6-7-11-5-3-4-8-13(2)12(11)9-10/h6-7,9H,3-5,8H2,1-2H3. The Labute approximate surface area is 80.4 Å².